The number of ether oxygens (including phenoxy) is 1. The molecule has 0 aliphatic rings. The van der Waals surface area contributed by atoms with E-state index >= 15 is 0 Å². The third-order valence-corrected chi connectivity index (χ3v) is 2.60. The molecule has 0 aliphatic heterocycles. The lowest BCUT2D eigenvalue weighted by Crippen LogP contribution is -1.93. The zero-order valence-electron chi connectivity index (χ0n) is 9.66. The summed E-state index contributed by atoms with van der Waals surface area (Å²) in [5.74, 6) is 0.283. The van der Waals surface area contributed by atoms with E-state index in [1.54, 1.807) is 12.1 Å². The van der Waals surface area contributed by atoms with Crippen molar-refractivity contribution in [2.24, 2.45) is 0 Å². The van der Waals surface area contributed by atoms with Gasteiger partial charge in [-0.1, -0.05) is 12.1 Å². The molecule has 0 atom stereocenters. The summed E-state index contributed by atoms with van der Waals surface area (Å²) >= 11 is 0. The summed E-state index contributed by atoms with van der Waals surface area (Å²) in [4.78, 5) is 0. The molecule has 0 amide bonds. The van der Waals surface area contributed by atoms with Crippen LogP contribution in [0.5, 0.6) is 5.75 Å². The lowest BCUT2D eigenvalue weighted by molar-refractivity contribution is 0.411. The Morgan fingerprint density at radius 2 is 2.24 bits per heavy atom. The molecule has 0 saturated heterocycles. The van der Waals surface area contributed by atoms with Crippen LogP contribution in [0.15, 0.2) is 22.7 Å². The summed E-state index contributed by atoms with van der Waals surface area (Å²) in [6.45, 7) is 1.91. The third kappa shape index (κ3) is 1.95. The number of hydrogen-bond donors (Lipinski definition) is 1. The number of hydrogen-bond acceptors (Lipinski definition) is 4. The van der Waals surface area contributed by atoms with E-state index in [0.29, 0.717) is 29.0 Å². The first kappa shape index (κ1) is 11.4. The average Bonchev–Trinajstić information content (AvgIpc) is 2.70. The van der Waals surface area contributed by atoms with E-state index in [-0.39, 0.29) is 5.88 Å². The molecule has 0 radical (unpaired) electrons. The van der Waals surface area contributed by atoms with Gasteiger partial charge < -0.3 is 15.0 Å². The molecule has 4 nitrogen and oxygen atoms in total. The van der Waals surface area contributed by atoms with Crippen molar-refractivity contribution in [3.8, 4) is 17.0 Å². The van der Waals surface area contributed by atoms with E-state index in [1.165, 1.54) is 13.2 Å². The van der Waals surface area contributed by atoms with Gasteiger partial charge in [0, 0.05) is 17.2 Å². The maximum atomic E-state index is 13.8. The fourth-order valence-electron chi connectivity index (χ4n) is 1.69. The number of methoxy groups -OCH3 is 1. The van der Waals surface area contributed by atoms with Gasteiger partial charge in [0.15, 0.2) is 0 Å². The van der Waals surface area contributed by atoms with Crippen LogP contribution in [0.25, 0.3) is 11.3 Å². The number of nitrogens with zero attached hydrogens (tertiary/aromatic N) is 1. The molecular formula is C12H13FN2O2. The van der Waals surface area contributed by atoms with E-state index < -0.39 is 5.82 Å². The molecule has 1 heterocycles. The monoisotopic (exact) mass is 236 g/mol. The maximum Gasteiger partial charge on any atom is 0.225 e. The molecule has 17 heavy (non-hydrogen) atoms. The zero-order valence-corrected chi connectivity index (χ0v) is 9.66. The van der Waals surface area contributed by atoms with Crippen molar-refractivity contribution in [1.29, 1.82) is 0 Å². The highest BCUT2D eigenvalue weighted by Gasteiger charge is 2.17. The van der Waals surface area contributed by atoms with Gasteiger partial charge in [-0.15, -0.1) is 0 Å². The minimum Gasteiger partial charge on any atom is -0.497 e. The van der Waals surface area contributed by atoms with Gasteiger partial charge in [-0.25, -0.2) is 4.39 Å². The summed E-state index contributed by atoms with van der Waals surface area (Å²) in [6.07, 6.45) is 0.635. The number of benzene rings is 1. The fraction of sp³-hybridized carbons (Fsp3) is 0.250. The third-order valence-electron chi connectivity index (χ3n) is 2.60. The SMILES string of the molecule is CCc1c(-c2ccc(OC)cc2F)noc1N. The minimum absolute atomic E-state index is 0.234. The van der Waals surface area contributed by atoms with Crippen molar-refractivity contribution < 1.29 is 13.7 Å². The van der Waals surface area contributed by atoms with Crippen LogP contribution in [0.1, 0.15) is 12.5 Å². The van der Waals surface area contributed by atoms with Gasteiger partial charge in [0.2, 0.25) is 5.88 Å². The van der Waals surface area contributed by atoms with Crippen molar-refractivity contribution in [2.75, 3.05) is 12.8 Å². The lowest BCUT2D eigenvalue weighted by Gasteiger charge is -2.04. The van der Waals surface area contributed by atoms with Crippen LogP contribution in [0.2, 0.25) is 0 Å². The highest BCUT2D eigenvalue weighted by atomic mass is 19.1. The molecule has 0 bridgehead atoms. The zero-order chi connectivity index (χ0) is 12.4. The number of nitrogen functional groups attached to an aromatic ring is 1. The molecule has 2 aromatic rings. The maximum absolute atomic E-state index is 13.8. The first-order valence-electron chi connectivity index (χ1n) is 5.25. The first-order chi connectivity index (χ1) is 8.17. The number of anilines is 1. The molecule has 1 aromatic carbocycles. The molecule has 90 valence electrons. The Bertz CT molecular complexity index is 537. The van der Waals surface area contributed by atoms with Gasteiger partial charge >= 0.3 is 0 Å². The normalized spacial score (nSPS) is 10.5. The van der Waals surface area contributed by atoms with Gasteiger partial charge in [-0.2, -0.15) is 0 Å². The smallest absolute Gasteiger partial charge is 0.225 e. The predicted molar refractivity (Wildman–Crippen MR) is 62.2 cm³/mol. The second kappa shape index (κ2) is 4.45. The van der Waals surface area contributed by atoms with Gasteiger partial charge in [0.25, 0.3) is 0 Å². The van der Waals surface area contributed by atoms with Crippen molar-refractivity contribution in [1.82, 2.24) is 5.16 Å². The standard InChI is InChI=1S/C12H13FN2O2/c1-3-8-11(15-17-12(8)14)9-5-4-7(16-2)6-10(9)13/h4-6H,3,14H2,1-2H3. The van der Waals surface area contributed by atoms with Crippen molar-refractivity contribution in [3.05, 3.63) is 29.6 Å². The minimum atomic E-state index is -0.410. The summed E-state index contributed by atoms with van der Waals surface area (Å²) < 4.78 is 23.7. The Kier molecular flexibility index (Phi) is 2.99. The largest absolute Gasteiger partial charge is 0.497 e. The molecule has 2 rings (SSSR count). The predicted octanol–water partition coefficient (Wildman–Crippen LogP) is 2.63. The van der Waals surface area contributed by atoms with Crippen LogP contribution in [0.3, 0.4) is 0 Å². The van der Waals surface area contributed by atoms with Gasteiger partial charge in [0.05, 0.1) is 7.11 Å². The summed E-state index contributed by atoms with van der Waals surface area (Å²) in [6, 6.07) is 4.58. The fourth-order valence-corrected chi connectivity index (χ4v) is 1.69. The molecule has 1 aromatic heterocycles. The molecule has 0 saturated carbocycles. The lowest BCUT2D eigenvalue weighted by atomic mass is 10.1. The molecule has 5 heteroatoms. The van der Waals surface area contributed by atoms with Crippen LogP contribution in [-0.4, -0.2) is 12.3 Å². The van der Waals surface area contributed by atoms with Crippen LogP contribution in [0.4, 0.5) is 10.3 Å². The quantitative estimate of drug-likeness (QED) is 0.889. The van der Waals surface area contributed by atoms with Crippen LogP contribution in [-0.2, 0) is 6.42 Å². The average molecular weight is 236 g/mol. The molecule has 0 spiro atoms. The Labute approximate surface area is 98.2 Å². The summed E-state index contributed by atoms with van der Waals surface area (Å²) in [5, 5.41) is 3.79. The molecule has 0 aliphatic carbocycles. The summed E-state index contributed by atoms with van der Waals surface area (Å²) in [7, 11) is 1.49. The number of rotatable bonds is 3. The molecule has 0 unspecified atom stereocenters. The van der Waals surface area contributed by atoms with E-state index in [4.69, 9.17) is 15.0 Å². The van der Waals surface area contributed by atoms with Gasteiger partial charge in [0.1, 0.15) is 17.3 Å². The Morgan fingerprint density at radius 3 is 2.82 bits per heavy atom. The van der Waals surface area contributed by atoms with E-state index in [1.807, 2.05) is 6.92 Å². The number of nitrogens with two attached hydrogens (primary N) is 1. The second-order valence-electron chi connectivity index (χ2n) is 3.57. The van der Waals surface area contributed by atoms with Crippen LogP contribution < -0.4 is 10.5 Å². The topological polar surface area (TPSA) is 61.3 Å². The first-order valence-corrected chi connectivity index (χ1v) is 5.25. The van der Waals surface area contributed by atoms with Crippen molar-refractivity contribution in [3.63, 3.8) is 0 Å². The van der Waals surface area contributed by atoms with Crippen molar-refractivity contribution >= 4 is 5.88 Å². The number of halogens is 1. The highest BCUT2D eigenvalue weighted by Crippen LogP contribution is 2.31. The highest BCUT2D eigenvalue weighted by molar-refractivity contribution is 5.68. The number of aromatic nitrogens is 1. The van der Waals surface area contributed by atoms with Crippen LogP contribution in [0, 0.1) is 5.82 Å². The summed E-state index contributed by atoms with van der Waals surface area (Å²) in [5.41, 5.74) is 7.15. The second-order valence-corrected chi connectivity index (χ2v) is 3.57. The Hall–Kier alpha value is -2.04. The van der Waals surface area contributed by atoms with Crippen molar-refractivity contribution in [2.45, 2.75) is 13.3 Å². The Balaban J connectivity index is 2.53. The van der Waals surface area contributed by atoms with E-state index in [9.17, 15) is 4.39 Å². The van der Waals surface area contributed by atoms with Crippen LogP contribution >= 0.6 is 0 Å². The van der Waals surface area contributed by atoms with E-state index in [0.717, 1.165) is 0 Å². The Morgan fingerprint density at radius 1 is 1.47 bits per heavy atom. The molecular weight excluding hydrogens is 223 g/mol. The van der Waals surface area contributed by atoms with E-state index in [2.05, 4.69) is 5.16 Å². The molecule has 0 fully saturated rings. The molecule has 2 N–H and O–H groups in total. The van der Waals surface area contributed by atoms with Gasteiger partial charge in [-0.05, 0) is 18.6 Å². The van der Waals surface area contributed by atoms with Gasteiger partial charge in [-0.3, -0.25) is 0 Å².